The number of amides is 2. The number of aryl methyl sites for hydroxylation is 2. The molecule has 2 aliphatic carbocycles. The number of hydrogen-bond donors (Lipinski definition) is 0. The summed E-state index contributed by atoms with van der Waals surface area (Å²) < 4.78 is 5.41. The highest BCUT2D eigenvalue weighted by molar-refractivity contribution is 6.09. The summed E-state index contributed by atoms with van der Waals surface area (Å²) >= 11 is 0. The lowest BCUT2D eigenvalue weighted by Gasteiger charge is -2.26. The third-order valence-electron chi connectivity index (χ3n) is 7.53. The molecule has 5 atom stereocenters. The van der Waals surface area contributed by atoms with Crippen LogP contribution in [0.3, 0.4) is 0 Å². The maximum Gasteiger partial charge on any atom is 0.330 e. The Balaban J connectivity index is 1.36. The maximum atomic E-state index is 13.3. The fourth-order valence-electron chi connectivity index (χ4n) is 5.58. The molecule has 6 nitrogen and oxygen atoms in total. The molecular weight excluding hydrogens is 430 g/mol. The highest BCUT2D eigenvalue weighted by Gasteiger charge is 2.61. The van der Waals surface area contributed by atoms with Crippen molar-refractivity contribution < 1.29 is 23.9 Å². The number of Topliss-reactive ketones (excluding diaryl/α,β-unsaturated/α-hetero) is 1. The molecule has 2 aromatic rings. The summed E-state index contributed by atoms with van der Waals surface area (Å²) in [4.78, 5) is 53.7. The molecule has 1 heterocycles. The summed E-state index contributed by atoms with van der Waals surface area (Å²) in [6.45, 7) is 3.43. The first-order valence-electron chi connectivity index (χ1n) is 11.7. The standard InChI is InChI=1S/C28H27NO5/c1-16-8-9-19(12-17(16)2)23(30)15-34-28(33)22(13-18-6-4-3-5-7-18)29-26(31)24-20-10-11-21(14-20)25(24)27(29)32/h3-12,20-22,24-25H,13-15H2,1-2H3/t20-,21-,22+,24-,25+/m0/s1. The Labute approximate surface area is 198 Å². The van der Waals surface area contributed by atoms with Gasteiger partial charge in [0.25, 0.3) is 0 Å². The Kier molecular flexibility index (Phi) is 5.68. The zero-order chi connectivity index (χ0) is 24.0. The molecule has 1 aliphatic heterocycles. The first-order valence-corrected chi connectivity index (χ1v) is 11.7. The molecule has 2 fully saturated rings. The lowest BCUT2D eigenvalue weighted by molar-refractivity contribution is -0.158. The fourth-order valence-corrected chi connectivity index (χ4v) is 5.58. The minimum atomic E-state index is -1.10. The number of allylic oxidation sites excluding steroid dienone is 2. The van der Waals surface area contributed by atoms with E-state index in [1.165, 1.54) is 0 Å². The highest BCUT2D eigenvalue weighted by atomic mass is 16.5. The first kappa shape index (κ1) is 22.3. The third-order valence-corrected chi connectivity index (χ3v) is 7.53. The van der Waals surface area contributed by atoms with Crippen LogP contribution in [0.15, 0.2) is 60.7 Å². The van der Waals surface area contributed by atoms with Gasteiger partial charge in [0.15, 0.2) is 12.4 Å². The predicted molar refractivity (Wildman–Crippen MR) is 125 cm³/mol. The highest BCUT2D eigenvalue weighted by Crippen LogP contribution is 2.53. The van der Waals surface area contributed by atoms with Gasteiger partial charge in [0.1, 0.15) is 6.04 Å². The van der Waals surface area contributed by atoms with Crippen LogP contribution in [0.5, 0.6) is 0 Å². The van der Waals surface area contributed by atoms with Crippen molar-refractivity contribution in [2.45, 2.75) is 32.7 Å². The Bertz CT molecular complexity index is 1170. The molecule has 0 aromatic heterocycles. The number of ketones is 1. The molecule has 174 valence electrons. The zero-order valence-corrected chi connectivity index (χ0v) is 19.3. The summed E-state index contributed by atoms with van der Waals surface area (Å²) in [6, 6.07) is 13.5. The SMILES string of the molecule is Cc1ccc(C(=O)COC(=O)[C@@H](Cc2ccccc2)N2C(=O)[C@@H]3[C@H](C2=O)[C@H]2C=C[C@H]3C2)cc1C. The maximum absolute atomic E-state index is 13.3. The van der Waals surface area contributed by atoms with E-state index in [0.29, 0.717) is 5.56 Å². The van der Waals surface area contributed by atoms with Crippen molar-refractivity contribution in [3.8, 4) is 0 Å². The number of carbonyl (C=O) groups is 4. The van der Waals surface area contributed by atoms with Gasteiger partial charge in [-0.05, 0) is 54.9 Å². The summed E-state index contributed by atoms with van der Waals surface area (Å²) in [7, 11) is 0. The van der Waals surface area contributed by atoms with Crippen LogP contribution in [0.2, 0.25) is 0 Å². The average Bonchev–Trinajstić information content (AvgIpc) is 3.52. The monoisotopic (exact) mass is 457 g/mol. The summed E-state index contributed by atoms with van der Waals surface area (Å²) in [5.41, 5.74) is 3.31. The van der Waals surface area contributed by atoms with Gasteiger partial charge in [-0.2, -0.15) is 0 Å². The third kappa shape index (κ3) is 3.77. The van der Waals surface area contributed by atoms with Crippen LogP contribution < -0.4 is 0 Å². The number of hydrogen-bond acceptors (Lipinski definition) is 5. The van der Waals surface area contributed by atoms with Crippen LogP contribution in [0.1, 0.15) is 33.5 Å². The number of nitrogens with zero attached hydrogens (tertiary/aromatic N) is 1. The van der Waals surface area contributed by atoms with Crippen LogP contribution in [-0.4, -0.2) is 41.1 Å². The molecule has 2 bridgehead atoms. The van der Waals surface area contributed by atoms with Crippen molar-refractivity contribution in [1.29, 1.82) is 0 Å². The van der Waals surface area contributed by atoms with Gasteiger partial charge in [-0.25, -0.2) is 4.79 Å². The number of carbonyl (C=O) groups excluding carboxylic acids is 4. The Morgan fingerprint density at radius 2 is 1.59 bits per heavy atom. The van der Waals surface area contributed by atoms with Crippen molar-refractivity contribution in [3.63, 3.8) is 0 Å². The average molecular weight is 458 g/mol. The summed E-state index contributed by atoms with van der Waals surface area (Å²) in [5.74, 6) is -2.35. The molecule has 1 saturated carbocycles. The number of rotatable bonds is 7. The quantitative estimate of drug-likeness (QED) is 0.275. The lowest BCUT2D eigenvalue weighted by Crippen LogP contribution is -2.48. The number of benzene rings is 2. The molecule has 2 amide bonds. The van der Waals surface area contributed by atoms with E-state index in [9.17, 15) is 19.2 Å². The van der Waals surface area contributed by atoms with Crippen LogP contribution in [0.25, 0.3) is 0 Å². The normalized spacial score (nSPS) is 25.5. The Hall–Kier alpha value is -3.54. The first-order chi connectivity index (χ1) is 16.3. The molecule has 0 N–H and O–H groups in total. The molecule has 0 spiro atoms. The van der Waals surface area contributed by atoms with Crippen molar-refractivity contribution in [1.82, 2.24) is 4.90 Å². The molecule has 6 heteroatoms. The molecule has 5 rings (SSSR count). The second kappa shape index (κ2) is 8.67. The molecular formula is C28H27NO5. The number of imide groups is 1. The van der Waals surface area contributed by atoms with Crippen molar-refractivity contribution >= 4 is 23.6 Å². The van der Waals surface area contributed by atoms with Crippen LogP contribution in [0, 0.1) is 37.5 Å². The van der Waals surface area contributed by atoms with E-state index in [4.69, 9.17) is 4.74 Å². The smallest absolute Gasteiger partial charge is 0.330 e. The second-order valence-corrected chi connectivity index (χ2v) is 9.58. The van der Waals surface area contributed by atoms with Crippen LogP contribution in [-0.2, 0) is 25.5 Å². The van der Waals surface area contributed by atoms with Gasteiger partial charge in [0.05, 0.1) is 11.8 Å². The molecule has 34 heavy (non-hydrogen) atoms. The van der Waals surface area contributed by atoms with E-state index < -0.39 is 30.5 Å². The predicted octanol–water partition coefficient (Wildman–Crippen LogP) is 3.45. The minimum Gasteiger partial charge on any atom is -0.456 e. The van der Waals surface area contributed by atoms with Gasteiger partial charge in [-0.1, -0.05) is 54.6 Å². The van der Waals surface area contributed by atoms with E-state index in [0.717, 1.165) is 28.0 Å². The molecule has 2 aromatic carbocycles. The van der Waals surface area contributed by atoms with E-state index >= 15 is 0 Å². The Morgan fingerprint density at radius 3 is 2.21 bits per heavy atom. The second-order valence-electron chi connectivity index (χ2n) is 9.58. The number of likely N-dealkylation sites (tertiary alicyclic amines) is 1. The van der Waals surface area contributed by atoms with Crippen molar-refractivity contribution in [2.24, 2.45) is 23.7 Å². The minimum absolute atomic E-state index is 0.0520. The fraction of sp³-hybridized carbons (Fsp3) is 0.357. The summed E-state index contributed by atoms with van der Waals surface area (Å²) in [5, 5.41) is 0. The van der Waals surface area contributed by atoms with E-state index in [1.54, 1.807) is 12.1 Å². The van der Waals surface area contributed by atoms with Gasteiger partial charge in [0.2, 0.25) is 11.8 Å². The van der Waals surface area contributed by atoms with Gasteiger partial charge < -0.3 is 4.74 Å². The lowest BCUT2D eigenvalue weighted by atomic mass is 9.85. The molecule has 3 aliphatic rings. The van der Waals surface area contributed by atoms with Gasteiger partial charge in [0, 0.05) is 12.0 Å². The van der Waals surface area contributed by atoms with Crippen LogP contribution >= 0.6 is 0 Å². The zero-order valence-electron chi connectivity index (χ0n) is 19.3. The number of esters is 1. The molecule has 0 radical (unpaired) electrons. The molecule has 1 saturated heterocycles. The van der Waals surface area contributed by atoms with Crippen LogP contribution in [0.4, 0.5) is 0 Å². The molecule has 0 unspecified atom stereocenters. The Morgan fingerprint density at radius 1 is 0.941 bits per heavy atom. The van der Waals surface area contributed by atoms with E-state index in [2.05, 4.69) is 0 Å². The van der Waals surface area contributed by atoms with Gasteiger partial charge >= 0.3 is 5.97 Å². The van der Waals surface area contributed by atoms with Crippen molar-refractivity contribution in [3.05, 3.63) is 82.9 Å². The topological polar surface area (TPSA) is 80.8 Å². The largest absolute Gasteiger partial charge is 0.456 e. The van der Waals surface area contributed by atoms with Gasteiger partial charge in [-0.15, -0.1) is 0 Å². The number of fused-ring (bicyclic) bond motifs is 5. The summed E-state index contributed by atoms with van der Waals surface area (Å²) in [6.07, 6.45) is 5.01. The van der Waals surface area contributed by atoms with Crippen molar-refractivity contribution in [2.75, 3.05) is 6.61 Å². The van der Waals surface area contributed by atoms with E-state index in [-0.39, 0.29) is 35.9 Å². The van der Waals surface area contributed by atoms with Gasteiger partial charge in [-0.3, -0.25) is 19.3 Å². The number of ether oxygens (including phenoxy) is 1. The van der Waals surface area contributed by atoms with E-state index in [1.807, 2.05) is 62.4 Å².